The number of nitrogens with zero attached hydrogens (tertiary/aromatic N) is 3. The van der Waals surface area contributed by atoms with Crippen LogP contribution in [-0.2, 0) is 10.0 Å². The van der Waals surface area contributed by atoms with Crippen LogP contribution >= 0.6 is 11.3 Å². The molecule has 3 N–H and O–H groups in total. The maximum atomic E-state index is 12.5. The van der Waals surface area contributed by atoms with Gasteiger partial charge in [-0.25, -0.2) is 13.4 Å². The monoisotopic (exact) mass is 304 g/mol. The molecule has 0 spiro atoms. The molecule has 1 fully saturated rings. The van der Waals surface area contributed by atoms with Crippen LogP contribution in [0.4, 0.5) is 0 Å². The first kappa shape index (κ1) is 14.2. The molecule has 106 valence electrons. The van der Waals surface area contributed by atoms with Crippen molar-refractivity contribution in [1.29, 1.82) is 0 Å². The lowest BCUT2D eigenvalue weighted by Gasteiger charge is -2.33. The van der Waals surface area contributed by atoms with Gasteiger partial charge in [-0.2, -0.15) is 4.31 Å². The molecule has 0 saturated carbocycles. The number of thiazole rings is 1. The van der Waals surface area contributed by atoms with Gasteiger partial charge in [0.05, 0.1) is 17.2 Å². The van der Waals surface area contributed by atoms with E-state index in [1.54, 1.807) is 6.92 Å². The third-order valence-electron chi connectivity index (χ3n) is 3.07. The Morgan fingerprint density at radius 1 is 1.63 bits per heavy atom. The van der Waals surface area contributed by atoms with Crippen molar-refractivity contribution in [3.05, 3.63) is 11.2 Å². The van der Waals surface area contributed by atoms with Gasteiger partial charge in [0.25, 0.3) is 10.0 Å². The van der Waals surface area contributed by atoms with Gasteiger partial charge in [-0.1, -0.05) is 11.6 Å². The summed E-state index contributed by atoms with van der Waals surface area (Å²) in [6.45, 7) is 2.13. The Morgan fingerprint density at radius 2 is 2.37 bits per heavy atom. The predicted molar refractivity (Wildman–Crippen MR) is 71.8 cm³/mol. The lowest BCUT2D eigenvalue weighted by atomic mass is 10.0. The normalized spacial score (nSPS) is 22.6. The van der Waals surface area contributed by atoms with Crippen molar-refractivity contribution in [1.82, 2.24) is 9.29 Å². The highest BCUT2D eigenvalue weighted by atomic mass is 32.2. The van der Waals surface area contributed by atoms with Gasteiger partial charge in [-0.15, -0.1) is 11.3 Å². The minimum atomic E-state index is -3.63. The smallest absolute Gasteiger partial charge is 0.254 e. The number of sulfonamides is 1. The van der Waals surface area contributed by atoms with Gasteiger partial charge in [-0.05, 0) is 19.8 Å². The summed E-state index contributed by atoms with van der Waals surface area (Å²) in [5.74, 6) is -0.0653. The van der Waals surface area contributed by atoms with Crippen molar-refractivity contribution in [2.75, 3.05) is 6.54 Å². The minimum Gasteiger partial charge on any atom is -0.409 e. The van der Waals surface area contributed by atoms with E-state index < -0.39 is 16.1 Å². The van der Waals surface area contributed by atoms with Crippen LogP contribution in [-0.4, -0.2) is 41.3 Å². The molecule has 9 heteroatoms. The molecule has 19 heavy (non-hydrogen) atoms. The maximum Gasteiger partial charge on any atom is 0.254 e. The predicted octanol–water partition coefficient (Wildman–Crippen LogP) is 0.741. The van der Waals surface area contributed by atoms with E-state index in [4.69, 9.17) is 10.9 Å². The molecule has 1 aromatic rings. The molecule has 2 rings (SSSR count). The minimum absolute atomic E-state index is 0.0653. The molecule has 2 heterocycles. The summed E-state index contributed by atoms with van der Waals surface area (Å²) in [6, 6.07) is -0.578. The average molecular weight is 304 g/mol. The summed E-state index contributed by atoms with van der Waals surface area (Å²) in [7, 11) is -3.63. The fraction of sp³-hybridized carbons (Fsp3) is 0.600. The number of aryl methyl sites for hydroxylation is 1. The van der Waals surface area contributed by atoms with Crippen LogP contribution in [0.25, 0.3) is 0 Å². The summed E-state index contributed by atoms with van der Waals surface area (Å²) < 4.78 is 26.6. The molecule has 1 atom stereocenters. The lowest BCUT2D eigenvalue weighted by molar-refractivity contribution is 0.281. The Labute approximate surface area is 115 Å². The van der Waals surface area contributed by atoms with Gasteiger partial charge in [0, 0.05) is 6.54 Å². The van der Waals surface area contributed by atoms with Crippen LogP contribution in [0.1, 0.15) is 24.3 Å². The molecule has 0 radical (unpaired) electrons. The van der Waals surface area contributed by atoms with Crippen LogP contribution in [0.3, 0.4) is 0 Å². The van der Waals surface area contributed by atoms with E-state index in [1.807, 2.05) is 0 Å². The van der Waals surface area contributed by atoms with Gasteiger partial charge in [0.15, 0.2) is 10.0 Å². The Kier molecular flexibility index (Phi) is 4.07. The second-order valence-electron chi connectivity index (χ2n) is 4.35. The summed E-state index contributed by atoms with van der Waals surface area (Å²) in [5, 5.41) is 12.4. The third kappa shape index (κ3) is 2.72. The van der Waals surface area contributed by atoms with Gasteiger partial charge in [0.1, 0.15) is 0 Å². The molecule has 1 aliphatic heterocycles. The highest BCUT2D eigenvalue weighted by molar-refractivity contribution is 7.91. The quantitative estimate of drug-likeness (QED) is 0.370. The number of oxime groups is 1. The first-order valence-electron chi connectivity index (χ1n) is 5.88. The Bertz CT molecular complexity index is 581. The number of rotatable bonds is 3. The van der Waals surface area contributed by atoms with Crippen molar-refractivity contribution in [2.24, 2.45) is 10.9 Å². The first-order valence-corrected chi connectivity index (χ1v) is 8.14. The van der Waals surface area contributed by atoms with Crippen LogP contribution in [0.2, 0.25) is 0 Å². The lowest BCUT2D eigenvalue weighted by Crippen LogP contribution is -2.50. The summed E-state index contributed by atoms with van der Waals surface area (Å²) >= 11 is 1.13. The zero-order valence-electron chi connectivity index (χ0n) is 10.5. The van der Waals surface area contributed by atoms with Gasteiger partial charge < -0.3 is 10.9 Å². The first-order chi connectivity index (χ1) is 8.96. The largest absolute Gasteiger partial charge is 0.409 e. The molecule has 1 aliphatic rings. The van der Waals surface area contributed by atoms with Crippen molar-refractivity contribution in [3.63, 3.8) is 0 Å². The molecule has 0 amide bonds. The van der Waals surface area contributed by atoms with E-state index in [2.05, 4.69) is 10.1 Å². The van der Waals surface area contributed by atoms with Gasteiger partial charge >= 0.3 is 0 Å². The summed E-state index contributed by atoms with van der Waals surface area (Å²) in [5.41, 5.74) is 5.60. The maximum absolute atomic E-state index is 12.5. The second kappa shape index (κ2) is 5.43. The van der Waals surface area contributed by atoms with Crippen LogP contribution in [0.5, 0.6) is 0 Å². The van der Waals surface area contributed by atoms with Crippen molar-refractivity contribution >= 4 is 27.2 Å². The number of hydrogen-bond acceptors (Lipinski definition) is 6. The number of piperidine rings is 1. The molecular weight excluding hydrogens is 288 g/mol. The number of nitrogens with two attached hydrogens (primary N) is 1. The number of amidine groups is 1. The summed E-state index contributed by atoms with van der Waals surface area (Å²) in [6.07, 6.45) is 3.54. The van der Waals surface area contributed by atoms with E-state index in [1.165, 1.54) is 10.5 Å². The van der Waals surface area contributed by atoms with Gasteiger partial charge in [-0.3, -0.25) is 0 Å². The van der Waals surface area contributed by atoms with Crippen LogP contribution < -0.4 is 5.73 Å². The van der Waals surface area contributed by atoms with Crippen LogP contribution in [0.15, 0.2) is 15.6 Å². The highest BCUT2D eigenvalue weighted by Gasteiger charge is 2.36. The Balaban J connectivity index is 2.37. The highest BCUT2D eigenvalue weighted by Crippen LogP contribution is 2.28. The van der Waals surface area contributed by atoms with E-state index in [0.717, 1.165) is 24.2 Å². The van der Waals surface area contributed by atoms with E-state index in [9.17, 15) is 8.42 Å². The number of hydrogen-bond donors (Lipinski definition) is 2. The molecule has 0 aromatic carbocycles. The molecule has 1 aromatic heterocycles. The number of aromatic nitrogens is 1. The zero-order chi connectivity index (χ0) is 14.0. The molecule has 1 saturated heterocycles. The fourth-order valence-corrected chi connectivity index (χ4v) is 5.04. The molecule has 1 unspecified atom stereocenters. The fourth-order valence-electron chi connectivity index (χ4n) is 2.13. The second-order valence-corrected chi connectivity index (χ2v) is 7.70. The summed E-state index contributed by atoms with van der Waals surface area (Å²) in [4.78, 5) is 3.97. The molecular formula is C10H16N4O3S2. The molecule has 0 aliphatic carbocycles. The van der Waals surface area contributed by atoms with Crippen molar-refractivity contribution < 1.29 is 13.6 Å². The topological polar surface area (TPSA) is 109 Å². The Morgan fingerprint density at radius 3 is 2.95 bits per heavy atom. The standard InChI is InChI=1S/C10H16N4O3S2/c1-7-12-6-9(18-7)19(16,17)14-5-3-2-4-8(14)10(11)13-15/h6,8,15H,2-5H2,1H3,(H2,11,13). The van der Waals surface area contributed by atoms with E-state index in [-0.39, 0.29) is 10.0 Å². The SMILES string of the molecule is Cc1ncc(S(=O)(=O)N2CCCCC2/C(N)=N/O)s1. The molecule has 7 nitrogen and oxygen atoms in total. The van der Waals surface area contributed by atoms with Crippen molar-refractivity contribution in [3.8, 4) is 0 Å². The van der Waals surface area contributed by atoms with E-state index in [0.29, 0.717) is 18.0 Å². The third-order valence-corrected chi connectivity index (χ3v) is 6.33. The zero-order valence-corrected chi connectivity index (χ0v) is 12.1. The van der Waals surface area contributed by atoms with Crippen molar-refractivity contribution in [2.45, 2.75) is 36.4 Å². The van der Waals surface area contributed by atoms with Crippen LogP contribution in [0, 0.1) is 6.92 Å². The van der Waals surface area contributed by atoms with E-state index >= 15 is 0 Å². The average Bonchev–Trinajstić information content (AvgIpc) is 2.85. The molecule has 0 bridgehead atoms. The van der Waals surface area contributed by atoms with Gasteiger partial charge in [0.2, 0.25) is 0 Å². The Hall–Kier alpha value is -1.19.